The molecule has 0 fully saturated rings. The van der Waals surface area contributed by atoms with Gasteiger partial charge in [-0.3, -0.25) is 20.4 Å². The van der Waals surface area contributed by atoms with Gasteiger partial charge in [-0.2, -0.15) is 0 Å². The number of amides is 2. The van der Waals surface area contributed by atoms with Crippen molar-refractivity contribution in [3.63, 3.8) is 0 Å². The van der Waals surface area contributed by atoms with Crippen molar-refractivity contribution in [3.8, 4) is 5.75 Å². The van der Waals surface area contributed by atoms with Crippen LogP contribution in [0.15, 0.2) is 48.5 Å². The van der Waals surface area contributed by atoms with E-state index in [1.54, 1.807) is 35.6 Å². The van der Waals surface area contributed by atoms with Gasteiger partial charge in [-0.05, 0) is 24.3 Å². The third kappa shape index (κ3) is 4.93. The van der Waals surface area contributed by atoms with Crippen molar-refractivity contribution in [1.82, 2.24) is 15.8 Å². The maximum atomic E-state index is 11.9. The average Bonchev–Trinajstić information content (AvgIpc) is 3.07. The van der Waals surface area contributed by atoms with Crippen LogP contribution in [0.4, 0.5) is 0 Å². The number of hydrogen-bond donors (Lipinski definition) is 2. The molecule has 0 aliphatic rings. The molecule has 26 heavy (non-hydrogen) atoms. The van der Waals surface area contributed by atoms with Gasteiger partial charge in [0.2, 0.25) is 5.91 Å². The normalized spacial score (nSPS) is 10.5. The minimum Gasteiger partial charge on any atom is -0.482 e. The highest BCUT2D eigenvalue weighted by atomic mass is 35.5. The van der Waals surface area contributed by atoms with Crippen molar-refractivity contribution in [2.24, 2.45) is 0 Å². The second-order valence-corrected chi connectivity index (χ2v) is 6.91. The van der Waals surface area contributed by atoms with E-state index in [1.807, 2.05) is 24.3 Å². The van der Waals surface area contributed by atoms with Crippen molar-refractivity contribution >= 4 is 45.0 Å². The van der Waals surface area contributed by atoms with Crippen LogP contribution < -0.4 is 15.6 Å². The predicted octanol–water partition coefficient (Wildman–Crippen LogP) is 3.11. The highest BCUT2D eigenvalue weighted by Gasteiger charge is 2.09. The molecule has 1 heterocycles. The number of hydrogen-bond acceptors (Lipinski definition) is 5. The number of nitrogens with zero attached hydrogens (tertiary/aromatic N) is 1. The van der Waals surface area contributed by atoms with Gasteiger partial charge in [0, 0.05) is 12.8 Å². The molecule has 0 spiro atoms. The zero-order valence-electron chi connectivity index (χ0n) is 13.7. The number of hydrazine groups is 1. The van der Waals surface area contributed by atoms with E-state index in [9.17, 15) is 9.59 Å². The first kappa shape index (κ1) is 18.2. The molecular weight excluding hydrogens is 374 g/mol. The predicted molar refractivity (Wildman–Crippen MR) is 101 cm³/mol. The molecule has 2 amide bonds. The molecule has 6 nitrogen and oxygen atoms in total. The van der Waals surface area contributed by atoms with Gasteiger partial charge < -0.3 is 4.74 Å². The SMILES string of the molecule is O=C(CCc1nc2ccccc2s1)NNC(=O)COc1ccccc1Cl. The van der Waals surface area contributed by atoms with Crippen LogP contribution in [0.1, 0.15) is 11.4 Å². The summed E-state index contributed by atoms with van der Waals surface area (Å²) in [6.45, 7) is -0.248. The summed E-state index contributed by atoms with van der Waals surface area (Å²) in [5.74, 6) is -0.361. The third-order valence-electron chi connectivity index (χ3n) is 3.44. The number of ether oxygens (including phenoxy) is 1. The second-order valence-electron chi connectivity index (χ2n) is 5.39. The first-order valence-electron chi connectivity index (χ1n) is 7.91. The van der Waals surface area contributed by atoms with Gasteiger partial charge in [-0.1, -0.05) is 35.9 Å². The molecule has 3 rings (SSSR count). The molecule has 0 bridgehead atoms. The summed E-state index contributed by atoms with van der Waals surface area (Å²) in [6, 6.07) is 14.7. The standard InChI is InChI=1S/C18H16ClN3O3S/c19-12-5-1-3-7-14(12)25-11-17(24)22-21-16(23)9-10-18-20-13-6-2-4-8-15(13)26-18/h1-8H,9-11H2,(H,21,23)(H,22,24). The summed E-state index contributed by atoms with van der Waals surface area (Å²) in [5, 5.41) is 1.30. The van der Waals surface area contributed by atoms with Gasteiger partial charge in [-0.25, -0.2) is 4.98 Å². The zero-order valence-corrected chi connectivity index (χ0v) is 15.3. The molecule has 0 unspecified atom stereocenters. The fourth-order valence-electron chi connectivity index (χ4n) is 2.19. The van der Waals surface area contributed by atoms with Crippen LogP contribution in [0.2, 0.25) is 5.02 Å². The van der Waals surface area contributed by atoms with Crippen LogP contribution in [0, 0.1) is 0 Å². The van der Waals surface area contributed by atoms with Gasteiger partial charge in [0.25, 0.3) is 5.91 Å². The lowest BCUT2D eigenvalue weighted by molar-refractivity contribution is -0.130. The Morgan fingerprint density at radius 3 is 2.58 bits per heavy atom. The molecule has 0 aliphatic carbocycles. The molecule has 2 aromatic carbocycles. The van der Waals surface area contributed by atoms with E-state index in [-0.39, 0.29) is 18.9 Å². The molecule has 0 saturated carbocycles. The number of carbonyl (C=O) groups excluding carboxylic acids is 2. The molecule has 2 N–H and O–H groups in total. The average molecular weight is 390 g/mol. The van der Waals surface area contributed by atoms with Gasteiger partial charge >= 0.3 is 0 Å². The number of para-hydroxylation sites is 2. The molecule has 3 aromatic rings. The van der Waals surface area contributed by atoms with Crippen molar-refractivity contribution in [2.45, 2.75) is 12.8 Å². The topological polar surface area (TPSA) is 80.3 Å². The molecule has 0 radical (unpaired) electrons. The first-order valence-corrected chi connectivity index (χ1v) is 9.11. The lowest BCUT2D eigenvalue weighted by atomic mass is 10.3. The van der Waals surface area contributed by atoms with Crippen molar-refractivity contribution in [2.75, 3.05) is 6.61 Å². The third-order valence-corrected chi connectivity index (χ3v) is 4.85. The lowest BCUT2D eigenvalue weighted by Gasteiger charge is -2.09. The number of nitrogens with one attached hydrogen (secondary N) is 2. The lowest BCUT2D eigenvalue weighted by Crippen LogP contribution is -2.43. The number of carbonyl (C=O) groups is 2. The first-order chi connectivity index (χ1) is 12.6. The van der Waals surface area contributed by atoms with Crippen LogP contribution in [0.5, 0.6) is 5.75 Å². The van der Waals surface area contributed by atoms with Crippen molar-refractivity contribution in [1.29, 1.82) is 0 Å². The molecule has 0 saturated heterocycles. The summed E-state index contributed by atoms with van der Waals surface area (Å²) < 4.78 is 6.38. The summed E-state index contributed by atoms with van der Waals surface area (Å²) in [5.41, 5.74) is 5.60. The van der Waals surface area contributed by atoms with Crippen LogP contribution in [0.25, 0.3) is 10.2 Å². The summed E-state index contributed by atoms with van der Waals surface area (Å²) in [7, 11) is 0. The Labute approximate surface area is 159 Å². The number of benzene rings is 2. The van der Waals surface area contributed by atoms with E-state index in [2.05, 4.69) is 15.8 Å². The summed E-state index contributed by atoms with van der Waals surface area (Å²) in [4.78, 5) is 28.0. The smallest absolute Gasteiger partial charge is 0.276 e. The van der Waals surface area contributed by atoms with Crippen LogP contribution in [-0.2, 0) is 16.0 Å². The molecule has 1 aromatic heterocycles. The van der Waals surface area contributed by atoms with E-state index >= 15 is 0 Å². The fraction of sp³-hybridized carbons (Fsp3) is 0.167. The van der Waals surface area contributed by atoms with E-state index in [1.165, 1.54) is 0 Å². The Morgan fingerprint density at radius 1 is 1.04 bits per heavy atom. The van der Waals surface area contributed by atoms with Crippen molar-refractivity contribution < 1.29 is 14.3 Å². The van der Waals surface area contributed by atoms with Crippen LogP contribution in [-0.4, -0.2) is 23.4 Å². The Morgan fingerprint density at radius 2 is 1.77 bits per heavy atom. The van der Waals surface area contributed by atoms with Gasteiger partial charge in [-0.15, -0.1) is 11.3 Å². The van der Waals surface area contributed by atoms with Gasteiger partial charge in [0.1, 0.15) is 5.75 Å². The summed E-state index contributed by atoms with van der Waals surface area (Å²) in [6.07, 6.45) is 0.739. The largest absolute Gasteiger partial charge is 0.482 e. The maximum absolute atomic E-state index is 11.9. The summed E-state index contributed by atoms with van der Waals surface area (Å²) >= 11 is 7.49. The zero-order chi connectivity index (χ0) is 18.4. The molecule has 0 atom stereocenters. The highest BCUT2D eigenvalue weighted by Crippen LogP contribution is 2.23. The molecular formula is C18H16ClN3O3S. The van der Waals surface area contributed by atoms with E-state index in [4.69, 9.17) is 16.3 Å². The Balaban J connectivity index is 1.39. The van der Waals surface area contributed by atoms with Crippen LogP contribution in [0.3, 0.4) is 0 Å². The van der Waals surface area contributed by atoms with E-state index < -0.39 is 5.91 Å². The maximum Gasteiger partial charge on any atom is 0.276 e. The second kappa shape index (κ2) is 8.64. The quantitative estimate of drug-likeness (QED) is 0.635. The number of halogens is 1. The molecule has 0 aliphatic heterocycles. The Bertz CT molecular complexity index is 896. The van der Waals surface area contributed by atoms with Gasteiger partial charge in [0.15, 0.2) is 6.61 Å². The number of rotatable bonds is 6. The Hall–Kier alpha value is -2.64. The van der Waals surface area contributed by atoms with E-state index in [0.717, 1.165) is 15.2 Å². The van der Waals surface area contributed by atoms with Gasteiger partial charge in [0.05, 0.1) is 20.2 Å². The minimum absolute atomic E-state index is 0.228. The number of aromatic nitrogens is 1. The molecule has 134 valence electrons. The molecule has 8 heteroatoms. The Kier molecular flexibility index (Phi) is 6.04. The fourth-order valence-corrected chi connectivity index (χ4v) is 3.35. The van der Waals surface area contributed by atoms with Crippen LogP contribution >= 0.6 is 22.9 Å². The van der Waals surface area contributed by atoms with Crippen molar-refractivity contribution in [3.05, 3.63) is 58.6 Å². The number of thiazole rings is 1. The highest BCUT2D eigenvalue weighted by molar-refractivity contribution is 7.18. The van der Waals surface area contributed by atoms with E-state index in [0.29, 0.717) is 17.2 Å². The number of aryl methyl sites for hydroxylation is 1. The minimum atomic E-state index is -0.474. The monoisotopic (exact) mass is 389 g/mol. The number of fused-ring (bicyclic) bond motifs is 1.